The SMILES string of the molecule is O=C(CN1CCN(C(=O)C2CC2)CC1)Nc1ccccc1[N+](=O)[O-]. The van der Waals surface area contributed by atoms with Gasteiger partial charge in [-0.1, -0.05) is 12.1 Å². The van der Waals surface area contributed by atoms with Crippen LogP contribution in [0.2, 0.25) is 0 Å². The van der Waals surface area contributed by atoms with Gasteiger partial charge in [0.15, 0.2) is 0 Å². The molecule has 1 saturated carbocycles. The van der Waals surface area contributed by atoms with E-state index in [1.54, 1.807) is 12.1 Å². The van der Waals surface area contributed by atoms with E-state index in [0.717, 1.165) is 12.8 Å². The summed E-state index contributed by atoms with van der Waals surface area (Å²) >= 11 is 0. The second-order valence-corrected chi connectivity index (χ2v) is 6.20. The fourth-order valence-electron chi connectivity index (χ4n) is 2.85. The number of para-hydroxylation sites is 2. The van der Waals surface area contributed by atoms with Crippen LogP contribution in [0.25, 0.3) is 0 Å². The minimum absolute atomic E-state index is 0.120. The highest BCUT2D eigenvalue weighted by atomic mass is 16.6. The summed E-state index contributed by atoms with van der Waals surface area (Å²) in [5.74, 6) is 0.170. The maximum absolute atomic E-state index is 12.1. The van der Waals surface area contributed by atoms with Crippen molar-refractivity contribution in [3.63, 3.8) is 0 Å². The van der Waals surface area contributed by atoms with Crippen LogP contribution in [-0.2, 0) is 9.59 Å². The van der Waals surface area contributed by atoms with Crippen LogP contribution in [0.1, 0.15) is 12.8 Å². The Kier molecular flexibility index (Phi) is 4.75. The van der Waals surface area contributed by atoms with Crippen molar-refractivity contribution in [2.24, 2.45) is 5.92 Å². The van der Waals surface area contributed by atoms with Gasteiger partial charge in [0.05, 0.1) is 11.5 Å². The average molecular weight is 332 g/mol. The summed E-state index contributed by atoms with van der Waals surface area (Å²) in [6.07, 6.45) is 1.99. The molecule has 24 heavy (non-hydrogen) atoms. The number of nitro groups is 1. The first-order valence-electron chi connectivity index (χ1n) is 8.09. The quantitative estimate of drug-likeness (QED) is 0.643. The molecule has 2 aliphatic rings. The van der Waals surface area contributed by atoms with Gasteiger partial charge >= 0.3 is 0 Å². The molecule has 0 radical (unpaired) electrons. The lowest BCUT2D eigenvalue weighted by molar-refractivity contribution is -0.383. The van der Waals surface area contributed by atoms with Gasteiger partial charge < -0.3 is 10.2 Å². The van der Waals surface area contributed by atoms with Crippen LogP contribution in [0.3, 0.4) is 0 Å². The molecule has 1 aromatic rings. The van der Waals surface area contributed by atoms with Gasteiger partial charge in [0.2, 0.25) is 11.8 Å². The van der Waals surface area contributed by atoms with E-state index < -0.39 is 4.92 Å². The van der Waals surface area contributed by atoms with Crippen LogP contribution in [0.4, 0.5) is 11.4 Å². The second kappa shape index (κ2) is 6.96. The van der Waals surface area contributed by atoms with Crippen molar-refractivity contribution in [3.8, 4) is 0 Å². The molecule has 0 aromatic heterocycles. The lowest BCUT2D eigenvalue weighted by Gasteiger charge is -2.34. The number of carbonyl (C=O) groups excluding carboxylic acids is 2. The topological polar surface area (TPSA) is 95.8 Å². The maximum Gasteiger partial charge on any atom is 0.292 e. The van der Waals surface area contributed by atoms with E-state index in [-0.39, 0.29) is 35.7 Å². The number of nitro benzene ring substituents is 1. The molecular formula is C16H20N4O4. The number of hydrogen-bond donors (Lipinski definition) is 1. The molecule has 1 heterocycles. The zero-order chi connectivity index (χ0) is 17.1. The van der Waals surface area contributed by atoms with Crippen molar-refractivity contribution in [1.29, 1.82) is 0 Å². The lowest BCUT2D eigenvalue weighted by atomic mass is 10.2. The summed E-state index contributed by atoms with van der Waals surface area (Å²) in [5, 5.41) is 13.6. The number of carbonyl (C=O) groups is 2. The first-order chi connectivity index (χ1) is 11.5. The highest BCUT2D eigenvalue weighted by Gasteiger charge is 2.34. The van der Waals surface area contributed by atoms with Crippen LogP contribution >= 0.6 is 0 Å². The first kappa shape index (κ1) is 16.4. The van der Waals surface area contributed by atoms with Gasteiger partial charge in [-0.3, -0.25) is 24.6 Å². The normalized spacial score (nSPS) is 18.2. The predicted octanol–water partition coefficient (Wildman–Crippen LogP) is 1.09. The number of anilines is 1. The largest absolute Gasteiger partial charge is 0.340 e. The fraction of sp³-hybridized carbons (Fsp3) is 0.500. The highest BCUT2D eigenvalue weighted by Crippen LogP contribution is 2.31. The molecule has 8 nitrogen and oxygen atoms in total. The van der Waals surface area contributed by atoms with Crippen molar-refractivity contribution in [1.82, 2.24) is 9.80 Å². The van der Waals surface area contributed by atoms with E-state index in [4.69, 9.17) is 0 Å². The number of nitrogens with zero attached hydrogens (tertiary/aromatic N) is 3. The summed E-state index contributed by atoms with van der Waals surface area (Å²) in [6, 6.07) is 6.08. The van der Waals surface area contributed by atoms with Crippen molar-refractivity contribution in [2.45, 2.75) is 12.8 Å². The molecule has 2 amide bonds. The Morgan fingerprint density at radius 1 is 1.17 bits per heavy atom. The van der Waals surface area contributed by atoms with Gasteiger partial charge in [-0.25, -0.2) is 0 Å². The third kappa shape index (κ3) is 3.88. The van der Waals surface area contributed by atoms with Gasteiger partial charge in [0.1, 0.15) is 5.69 Å². The molecule has 1 N–H and O–H groups in total. The molecule has 1 aromatic carbocycles. The van der Waals surface area contributed by atoms with E-state index in [1.165, 1.54) is 12.1 Å². The Bertz CT molecular complexity index is 651. The molecule has 0 atom stereocenters. The van der Waals surface area contributed by atoms with E-state index >= 15 is 0 Å². The molecule has 0 bridgehead atoms. The van der Waals surface area contributed by atoms with Crippen LogP contribution in [-0.4, -0.2) is 59.3 Å². The number of amides is 2. The van der Waals surface area contributed by atoms with Gasteiger partial charge in [-0.05, 0) is 18.9 Å². The summed E-state index contributed by atoms with van der Waals surface area (Å²) in [7, 11) is 0. The fourth-order valence-corrected chi connectivity index (χ4v) is 2.85. The van der Waals surface area contributed by atoms with E-state index in [0.29, 0.717) is 26.2 Å². The van der Waals surface area contributed by atoms with Crippen molar-refractivity contribution < 1.29 is 14.5 Å². The summed E-state index contributed by atoms with van der Waals surface area (Å²) in [6.45, 7) is 2.71. The smallest absolute Gasteiger partial charge is 0.292 e. The van der Waals surface area contributed by atoms with Crippen LogP contribution in [0.5, 0.6) is 0 Å². The average Bonchev–Trinajstić information content (AvgIpc) is 3.40. The van der Waals surface area contributed by atoms with Crippen LogP contribution < -0.4 is 5.32 Å². The Morgan fingerprint density at radius 2 is 1.83 bits per heavy atom. The maximum atomic E-state index is 12.1. The molecule has 1 saturated heterocycles. The highest BCUT2D eigenvalue weighted by molar-refractivity contribution is 5.94. The molecule has 0 spiro atoms. The predicted molar refractivity (Wildman–Crippen MR) is 87.5 cm³/mol. The zero-order valence-electron chi connectivity index (χ0n) is 13.3. The van der Waals surface area contributed by atoms with Crippen molar-refractivity contribution in [3.05, 3.63) is 34.4 Å². The molecule has 8 heteroatoms. The molecule has 1 aliphatic carbocycles. The number of nitrogens with one attached hydrogen (secondary N) is 1. The molecular weight excluding hydrogens is 312 g/mol. The summed E-state index contributed by atoms with van der Waals surface area (Å²) < 4.78 is 0. The van der Waals surface area contributed by atoms with Gasteiger partial charge in [-0.15, -0.1) is 0 Å². The van der Waals surface area contributed by atoms with Crippen molar-refractivity contribution >= 4 is 23.2 Å². The zero-order valence-corrected chi connectivity index (χ0v) is 13.3. The van der Waals surface area contributed by atoms with Crippen LogP contribution in [0.15, 0.2) is 24.3 Å². The Balaban J connectivity index is 1.49. The van der Waals surface area contributed by atoms with Gasteiger partial charge in [0, 0.05) is 38.2 Å². The summed E-state index contributed by atoms with van der Waals surface area (Å²) in [5.41, 5.74) is 0.0840. The molecule has 0 unspecified atom stereocenters. The standard InChI is InChI=1S/C16H20N4O4/c21-15(17-13-3-1-2-4-14(13)20(23)24)11-18-7-9-19(10-8-18)16(22)12-5-6-12/h1-4,12H,5-11H2,(H,17,21). The summed E-state index contributed by atoms with van der Waals surface area (Å²) in [4.78, 5) is 38.4. The molecule has 128 valence electrons. The monoisotopic (exact) mass is 332 g/mol. The molecule has 2 fully saturated rings. The Labute approximate surface area is 139 Å². The van der Waals surface area contributed by atoms with Crippen molar-refractivity contribution in [2.75, 3.05) is 38.0 Å². The van der Waals surface area contributed by atoms with E-state index in [2.05, 4.69) is 5.32 Å². The van der Waals surface area contributed by atoms with E-state index in [9.17, 15) is 19.7 Å². The number of piperazine rings is 1. The molecule has 1 aliphatic heterocycles. The van der Waals surface area contributed by atoms with Gasteiger partial charge in [0.25, 0.3) is 5.69 Å². The second-order valence-electron chi connectivity index (χ2n) is 6.20. The molecule has 3 rings (SSSR count). The number of rotatable bonds is 5. The number of benzene rings is 1. The lowest BCUT2D eigenvalue weighted by Crippen LogP contribution is -2.50. The third-order valence-corrected chi connectivity index (χ3v) is 4.35. The minimum atomic E-state index is -0.516. The van der Waals surface area contributed by atoms with E-state index in [1.807, 2.05) is 9.80 Å². The van der Waals surface area contributed by atoms with Crippen LogP contribution in [0, 0.1) is 16.0 Å². The minimum Gasteiger partial charge on any atom is -0.340 e. The first-order valence-corrected chi connectivity index (χ1v) is 8.09. The number of hydrogen-bond acceptors (Lipinski definition) is 5. The Morgan fingerprint density at radius 3 is 2.46 bits per heavy atom. The third-order valence-electron chi connectivity index (χ3n) is 4.35. The van der Waals surface area contributed by atoms with Gasteiger partial charge in [-0.2, -0.15) is 0 Å². The Hall–Kier alpha value is -2.48.